The van der Waals surface area contributed by atoms with E-state index in [0.29, 0.717) is 0 Å². The minimum atomic E-state index is 0.947. The molecular formula is C11H21N. The van der Waals surface area contributed by atoms with Crippen LogP contribution in [0.2, 0.25) is 0 Å². The summed E-state index contributed by atoms with van der Waals surface area (Å²) in [7, 11) is 2.30. The molecule has 3 unspecified atom stereocenters. The SMILES string of the molecule is CCC(C)C1CC2CC(C1)N2C. The van der Waals surface area contributed by atoms with Crippen molar-refractivity contribution in [1.82, 2.24) is 4.90 Å². The first-order chi connectivity index (χ1) is 5.72. The third-order valence-electron chi connectivity index (χ3n) is 4.29. The van der Waals surface area contributed by atoms with E-state index in [0.717, 1.165) is 23.9 Å². The average Bonchev–Trinajstić information content (AvgIpc) is 2.16. The van der Waals surface area contributed by atoms with Gasteiger partial charge < -0.3 is 4.90 Å². The minimum Gasteiger partial charge on any atom is -0.300 e. The molecule has 0 aromatic heterocycles. The Balaban J connectivity index is 1.90. The van der Waals surface area contributed by atoms with E-state index in [1.807, 2.05) is 0 Å². The number of nitrogens with zero attached hydrogens (tertiary/aromatic N) is 1. The summed E-state index contributed by atoms with van der Waals surface area (Å²) in [5.74, 6) is 2.00. The molecule has 0 radical (unpaired) electrons. The van der Waals surface area contributed by atoms with E-state index in [9.17, 15) is 0 Å². The van der Waals surface area contributed by atoms with Crippen molar-refractivity contribution in [1.29, 1.82) is 0 Å². The first-order valence-corrected chi connectivity index (χ1v) is 5.44. The van der Waals surface area contributed by atoms with Crippen molar-refractivity contribution < 1.29 is 0 Å². The summed E-state index contributed by atoms with van der Waals surface area (Å²) >= 11 is 0. The largest absolute Gasteiger partial charge is 0.300 e. The van der Waals surface area contributed by atoms with Crippen LogP contribution in [0.15, 0.2) is 0 Å². The molecule has 2 bridgehead atoms. The summed E-state index contributed by atoms with van der Waals surface area (Å²) in [5.41, 5.74) is 0. The Morgan fingerprint density at radius 1 is 1.25 bits per heavy atom. The first kappa shape index (κ1) is 8.55. The van der Waals surface area contributed by atoms with Gasteiger partial charge in [0.15, 0.2) is 0 Å². The second-order valence-electron chi connectivity index (χ2n) is 4.83. The van der Waals surface area contributed by atoms with Gasteiger partial charge in [0.2, 0.25) is 0 Å². The third-order valence-corrected chi connectivity index (χ3v) is 4.29. The van der Waals surface area contributed by atoms with Gasteiger partial charge >= 0.3 is 0 Å². The Labute approximate surface area is 76.1 Å². The maximum atomic E-state index is 2.58. The molecule has 0 spiro atoms. The highest BCUT2D eigenvalue weighted by molar-refractivity contribution is 4.98. The van der Waals surface area contributed by atoms with Crippen LogP contribution in [0.1, 0.15) is 39.5 Å². The van der Waals surface area contributed by atoms with Gasteiger partial charge in [-0.25, -0.2) is 0 Å². The lowest BCUT2D eigenvalue weighted by Gasteiger charge is -2.55. The van der Waals surface area contributed by atoms with Crippen molar-refractivity contribution in [3.63, 3.8) is 0 Å². The quantitative estimate of drug-likeness (QED) is 0.611. The molecule has 0 aromatic rings. The van der Waals surface area contributed by atoms with Crippen molar-refractivity contribution in [2.75, 3.05) is 7.05 Å². The topological polar surface area (TPSA) is 3.24 Å². The van der Waals surface area contributed by atoms with Gasteiger partial charge in [0.05, 0.1) is 0 Å². The van der Waals surface area contributed by atoms with E-state index >= 15 is 0 Å². The Kier molecular flexibility index (Phi) is 2.16. The molecule has 3 aliphatic rings. The highest BCUT2D eigenvalue weighted by atomic mass is 15.2. The van der Waals surface area contributed by atoms with Gasteiger partial charge in [-0.1, -0.05) is 20.3 Å². The lowest BCUT2D eigenvalue weighted by molar-refractivity contribution is -0.0428. The van der Waals surface area contributed by atoms with Crippen LogP contribution >= 0.6 is 0 Å². The van der Waals surface area contributed by atoms with Gasteiger partial charge in [-0.05, 0) is 38.1 Å². The minimum absolute atomic E-state index is 0.947. The predicted octanol–water partition coefficient (Wildman–Crippen LogP) is 2.52. The molecule has 3 atom stereocenters. The summed E-state index contributed by atoms with van der Waals surface area (Å²) in [6, 6.07) is 1.89. The molecule has 1 nitrogen and oxygen atoms in total. The van der Waals surface area contributed by atoms with Crippen LogP contribution in [0, 0.1) is 11.8 Å². The van der Waals surface area contributed by atoms with Crippen molar-refractivity contribution in [3.8, 4) is 0 Å². The van der Waals surface area contributed by atoms with Crippen LogP contribution in [0.25, 0.3) is 0 Å². The van der Waals surface area contributed by atoms with Crippen LogP contribution in [0.3, 0.4) is 0 Å². The Morgan fingerprint density at radius 3 is 2.25 bits per heavy atom. The fourth-order valence-electron chi connectivity index (χ4n) is 2.92. The van der Waals surface area contributed by atoms with Crippen molar-refractivity contribution >= 4 is 0 Å². The van der Waals surface area contributed by atoms with Gasteiger partial charge in [0.25, 0.3) is 0 Å². The molecule has 0 aromatic carbocycles. The normalized spacial score (nSPS) is 43.8. The van der Waals surface area contributed by atoms with Crippen LogP contribution in [0.5, 0.6) is 0 Å². The van der Waals surface area contributed by atoms with Crippen molar-refractivity contribution in [2.45, 2.75) is 51.6 Å². The zero-order chi connectivity index (χ0) is 8.72. The summed E-state index contributed by atoms with van der Waals surface area (Å²) in [4.78, 5) is 2.58. The van der Waals surface area contributed by atoms with Crippen LogP contribution in [0.4, 0.5) is 0 Å². The van der Waals surface area contributed by atoms with E-state index in [2.05, 4.69) is 25.8 Å². The number of hydrogen-bond acceptors (Lipinski definition) is 1. The summed E-state index contributed by atoms with van der Waals surface area (Å²) < 4.78 is 0. The number of rotatable bonds is 2. The monoisotopic (exact) mass is 167 g/mol. The zero-order valence-corrected chi connectivity index (χ0v) is 8.59. The van der Waals surface area contributed by atoms with Crippen LogP contribution in [-0.2, 0) is 0 Å². The smallest absolute Gasteiger partial charge is 0.0113 e. The maximum Gasteiger partial charge on any atom is 0.0113 e. The Morgan fingerprint density at radius 2 is 1.83 bits per heavy atom. The highest BCUT2D eigenvalue weighted by Gasteiger charge is 2.43. The van der Waals surface area contributed by atoms with Crippen LogP contribution in [-0.4, -0.2) is 24.0 Å². The van der Waals surface area contributed by atoms with Gasteiger partial charge in [-0.15, -0.1) is 0 Å². The summed E-state index contributed by atoms with van der Waals surface area (Å²) in [6.07, 6.45) is 5.81. The van der Waals surface area contributed by atoms with Crippen LogP contribution < -0.4 is 0 Å². The molecule has 1 aliphatic carbocycles. The van der Waals surface area contributed by atoms with E-state index < -0.39 is 0 Å². The van der Waals surface area contributed by atoms with E-state index in [4.69, 9.17) is 0 Å². The molecule has 2 saturated heterocycles. The van der Waals surface area contributed by atoms with Gasteiger partial charge in [-0.3, -0.25) is 0 Å². The van der Waals surface area contributed by atoms with Gasteiger partial charge in [-0.2, -0.15) is 0 Å². The average molecular weight is 167 g/mol. The molecule has 0 N–H and O–H groups in total. The summed E-state index contributed by atoms with van der Waals surface area (Å²) in [5, 5.41) is 0. The highest BCUT2D eigenvalue weighted by Crippen LogP contribution is 2.43. The first-order valence-electron chi connectivity index (χ1n) is 5.44. The molecule has 2 aliphatic heterocycles. The van der Waals surface area contributed by atoms with E-state index in [1.54, 1.807) is 0 Å². The molecule has 12 heavy (non-hydrogen) atoms. The molecule has 70 valence electrons. The van der Waals surface area contributed by atoms with Gasteiger partial charge in [0, 0.05) is 12.1 Å². The third kappa shape index (κ3) is 1.19. The number of hydrogen-bond donors (Lipinski definition) is 0. The maximum absolute atomic E-state index is 2.58. The van der Waals surface area contributed by atoms with Gasteiger partial charge in [0.1, 0.15) is 0 Å². The molecule has 1 saturated carbocycles. The Hall–Kier alpha value is -0.0400. The zero-order valence-electron chi connectivity index (χ0n) is 8.59. The van der Waals surface area contributed by atoms with E-state index in [1.165, 1.54) is 25.7 Å². The Bertz CT molecular complexity index is 154. The second kappa shape index (κ2) is 3.02. The predicted molar refractivity (Wildman–Crippen MR) is 52.1 cm³/mol. The lowest BCUT2D eigenvalue weighted by Crippen LogP contribution is -2.59. The molecule has 0 amide bonds. The second-order valence-corrected chi connectivity index (χ2v) is 4.83. The molecule has 2 heterocycles. The molecule has 1 heteroatoms. The molecular weight excluding hydrogens is 146 g/mol. The van der Waals surface area contributed by atoms with Crippen molar-refractivity contribution in [3.05, 3.63) is 0 Å². The molecule has 3 fully saturated rings. The standard InChI is InChI=1S/C11H21N/c1-4-8(2)9-5-10-7-11(6-9)12(10)3/h8-11H,4-7H2,1-3H3. The van der Waals surface area contributed by atoms with E-state index in [-0.39, 0.29) is 0 Å². The summed E-state index contributed by atoms with van der Waals surface area (Å²) in [6.45, 7) is 4.75. The number of piperidine rings is 1. The fraction of sp³-hybridized carbons (Fsp3) is 1.00. The fourth-order valence-corrected chi connectivity index (χ4v) is 2.92. The number of fused-ring (bicyclic) bond motifs is 2. The van der Waals surface area contributed by atoms with Crippen molar-refractivity contribution in [2.24, 2.45) is 11.8 Å². The lowest BCUT2D eigenvalue weighted by atomic mass is 9.69. The molecule has 3 rings (SSSR count).